The van der Waals surface area contributed by atoms with Crippen LogP contribution in [0.15, 0.2) is 48.5 Å². The third-order valence-electron chi connectivity index (χ3n) is 3.92. The van der Waals surface area contributed by atoms with E-state index in [2.05, 4.69) is 15.5 Å². The molecule has 0 aromatic heterocycles. The fourth-order valence-corrected chi connectivity index (χ4v) is 2.68. The molecule has 1 saturated heterocycles. The van der Waals surface area contributed by atoms with Crippen LogP contribution in [0.2, 0.25) is 0 Å². The Hall–Kier alpha value is -2.60. The van der Waals surface area contributed by atoms with Crippen molar-refractivity contribution in [3.63, 3.8) is 0 Å². The van der Waals surface area contributed by atoms with Crippen molar-refractivity contribution in [3.05, 3.63) is 64.2 Å². The second-order valence-electron chi connectivity index (χ2n) is 5.46. The first kappa shape index (κ1) is 15.3. The van der Waals surface area contributed by atoms with Crippen LogP contribution in [-0.2, 0) is 6.54 Å². The lowest BCUT2D eigenvalue weighted by molar-refractivity contribution is -0.384. The average Bonchev–Trinajstić information content (AvgIpc) is 2.61. The second kappa shape index (κ2) is 7.11. The Morgan fingerprint density at radius 3 is 2.57 bits per heavy atom. The number of nitrogens with zero attached hydrogens (tertiary/aromatic N) is 3. The van der Waals surface area contributed by atoms with Gasteiger partial charge >= 0.3 is 0 Å². The van der Waals surface area contributed by atoms with Crippen LogP contribution in [-0.4, -0.2) is 31.1 Å². The number of nitro benzene ring substituents is 1. The third-order valence-corrected chi connectivity index (χ3v) is 3.92. The highest BCUT2D eigenvalue weighted by Crippen LogP contribution is 2.30. The number of anilines is 2. The number of hydrogen-bond acceptors (Lipinski definition) is 4. The van der Waals surface area contributed by atoms with Gasteiger partial charge in [-0.15, -0.1) is 0 Å². The van der Waals surface area contributed by atoms with E-state index in [4.69, 9.17) is 0 Å². The summed E-state index contributed by atoms with van der Waals surface area (Å²) in [6, 6.07) is 15.1. The highest BCUT2D eigenvalue weighted by Gasteiger charge is 2.17. The predicted octanol–water partition coefficient (Wildman–Crippen LogP) is 2.63. The molecule has 0 spiro atoms. The first-order valence-corrected chi connectivity index (χ1v) is 7.68. The summed E-state index contributed by atoms with van der Waals surface area (Å²) in [6.45, 7) is 3.89. The number of nitrogens with one attached hydrogen (secondary N) is 1. The van der Waals surface area contributed by atoms with E-state index >= 15 is 0 Å². The molecule has 0 aliphatic carbocycles. The third kappa shape index (κ3) is 3.78. The molecule has 2 aromatic rings. The van der Waals surface area contributed by atoms with Crippen LogP contribution in [0, 0.1) is 10.1 Å². The topological polar surface area (TPSA) is 72.5 Å². The minimum absolute atomic E-state index is 0.103. The molecule has 6 heteroatoms. The van der Waals surface area contributed by atoms with E-state index < -0.39 is 0 Å². The molecule has 0 unspecified atom stereocenters. The fraction of sp³-hybridized carbons (Fsp3) is 0.294. The Morgan fingerprint density at radius 2 is 1.87 bits per heavy atom. The largest absolute Gasteiger partial charge is 0.375 e. The van der Waals surface area contributed by atoms with E-state index in [9.17, 15) is 10.1 Å². The van der Waals surface area contributed by atoms with Crippen LogP contribution in [0.3, 0.4) is 0 Å². The van der Waals surface area contributed by atoms with Crippen molar-refractivity contribution in [1.29, 1.82) is 0 Å². The molecule has 1 aliphatic heterocycles. The van der Waals surface area contributed by atoms with Gasteiger partial charge < -0.3 is 10.2 Å². The van der Waals surface area contributed by atoms with Crippen molar-refractivity contribution in [2.75, 3.05) is 36.4 Å². The molecule has 119 valence electrons. The zero-order chi connectivity index (χ0) is 16.1. The molecule has 0 amide bonds. The van der Waals surface area contributed by atoms with Gasteiger partial charge in [-0.05, 0) is 17.7 Å². The minimum Gasteiger partial charge on any atom is -0.375 e. The van der Waals surface area contributed by atoms with Crippen LogP contribution in [0.1, 0.15) is 5.56 Å². The Bertz CT molecular complexity index is 670. The minimum atomic E-state index is -0.345. The molecule has 2 aromatic carbocycles. The van der Waals surface area contributed by atoms with E-state index in [0.29, 0.717) is 12.2 Å². The molecular weight excluding hydrogens is 292 g/mol. The van der Waals surface area contributed by atoms with Crippen LogP contribution in [0.25, 0.3) is 0 Å². The Labute approximate surface area is 135 Å². The van der Waals surface area contributed by atoms with Gasteiger partial charge in [0.1, 0.15) is 5.69 Å². The van der Waals surface area contributed by atoms with Crippen LogP contribution in [0.4, 0.5) is 17.1 Å². The average molecular weight is 311 g/mol. The Kier molecular flexibility index (Phi) is 4.73. The quantitative estimate of drug-likeness (QED) is 0.680. The molecule has 1 heterocycles. The van der Waals surface area contributed by atoms with Crippen LogP contribution in [0.5, 0.6) is 0 Å². The van der Waals surface area contributed by atoms with Crippen molar-refractivity contribution >= 4 is 17.1 Å². The van der Waals surface area contributed by atoms with Crippen molar-refractivity contribution in [2.24, 2.45) is 0 Å². The molecule has 0 atom stereocenters. The van der Waals surface area contributed by atoms with Gasteiger partial charge in [0.25, 0.3) is 5.69 Å². The first-order chi connectivity index (χ1) is 11.2. The molecule has 0 bridgehead atoms. The van der Waals surface area contributed by atoms with E-state index in [1.807, 2.05) is 42.5 Å². The summed E-state index contributed by atoms with van der Waals surface area (Å²) in [4.78, 5) is 13.1. The maximum atomic E-state index is 11.3. The van der Waals surface area contributed by atoms with Gasteiger partial charge in [0.15, 0.2) is 0 Å². The van der Waals surface area contributed by atoms with Gasteiger partial charge in [0.05, 0.1) is 4.92 Å². The molecule has 1 radical (unpaired) electrons. The summed E-state index contributed by atoms with van der Waals surface area (Å²) in [5.74, 6) is 0. The highest BCUT2D eigenvalue weighted by molar-refractivity contribution is 5.69. The van der Waals surface area contributed by atoms with Gasteiger partial charge in [-0.1, -0.05) is 30.3 Å². The molecule has 1 N–H and O–H groups in total. The van der Waals surface area contributed by atoms with Gasteiger partial charge in [-0.25, -0.2) is 5.32 Å². The normalized spacial score (nSPS) is 14.5. The summed E-state index contributed by atoms with van der Waals surface area (Å²) in [5.41, 5.74) is 2.75. The zero-order valence-electron chi connectivity index (χ0n) is 12.8. The molecule has 1 fully saturated rings. The SMILES string of the molecule is O=[N+]([O-])c1ccc(N2CC[N]CC2)cc1NCc1ccccc1. The van der Waals surface area contributed by atoms with E-state index in [1.165, 1.54) is 0 Å². The maximum absolute atomic E-state index is 11.3. The maximum Gasteiger partial charge on any atom is 0.292 e. The number of benzene rings is 2. The predicted molar refractivity (Wildman–Crippen MR) is 90.9 cm³/mol. The molecule has 6 nitrogen and oxygen atoms in total. The number of rotatable bonds is 5. The monoisotopic (exact) mass is 311 g/mol. The lowest BCUT2D eigenvalue weighted by Gasteiger charge is -2.28. The first-order valence-electron chi connectivity index (χ1n) is 7.68. The Morgan fingerprint density at radius 1 is 1.13 bits per heavy atom. The van der Waals surface area contributed by atoms with E-state index in [0.717, 1.165) is 37.4 Å². The van der Waals surface area contributed by atoms with Crippen molar-refractivity contribution in [3.8, 4) is 0 Å². The van der Waals surface area contributed by atoms with Crippen molar-refractivity contribution in [2.45, 2.75) is 6.54 Å². The standard InChI is InChI=1S/C17H19N4O2/c22-21(23)17-7-6-15(20-10-8-18-9-11-20)12-16(17)19-13-14-4-2-1-3-5-14/h1-7,12,19H,8-11,13H2. The van der Waals surface area contributed by atoms with Gasteiger partial charge in [-0.3, -0.25) is 10.1 Å². The Balaban J connectivity index is 1.81. The van der Waals surface area contributed by atoms with Crippen LogP contribution < -0.4 is 15.5 Å². The summed E-state index contributed by atoms with van der Waals surface area (Å²) in [7, 11) is 0. The van der Waals surface area contributed by atoms with Gasteiger partial charge in [0, 0.05) is 44.5 Å². The molecule has 23 heavy (non-hydrogen) atoms. The second-order valence-corrected chi connectivity index (χ2v) is 5.46. The fourth-order valence-electron chi connectivity index (χ4n) is 2.68. The molecule has 0 saturated carbocycles. The van der Waals surface area contributed by atoms with Crippen LogP contribution >= 0.6 is 0 Å². The van der Waals surface area contributed by atoms with Crippen molar-refractivity contribution in [1.82, 2.24) is 5.32 Å². The van der Waals surface area contributed by atoms with E-state index in [1.54, 1.807) is 6.07 Å². The van der Waals surface area contributed by atoms with E-state index in [-0.39, 0.29) is 10.6 Å². The number of hydrogen-bond donors (Lipinski definition) is 1. The lowest BCUT2D eigenvalue weighted by Crippen LogP contribution is -2.40. The smallest absolute Gasteiger partial charge is 0.292 e. The molecule has 3 rings (SSSR count). The lowest BCUT2D eigenvalue weighted by atomic mass is 10.2. The summed E-state index contributed by atoms with van der Waals surface area (Å²) in [6.07, 6.45) is 0. The zero-order valence-corrected chi connectivity index (χ0v) is 12.8. The number of nitro groups is 1. The van der Waals surface area contributed by atoms with Gasteiger partial charge in [0.2, 0.25) is 0 Å². The summed E-state index contributed by atoms with van der Waals surface area (Å²) < 4.78 is 0. The number of piperazine rings is 1. The molecule has 1 aliphatic rings. The van der Waals surface area contributed by atoms with Gasteiger partial charge in [-0.2, -0.15) is 0 Å². The molecular formula is C17H19N4O2. The summed E-state index contributed by atoms with van der Waals surface area (Å²) >= 11 is 0. The summed E-state index contributed by atoms with van der Waals surface area (Å²) in [5, 5.41) is 18.8. The van der Waals surface area contributed by atoms with Crippen molar-refractivity contribution < 1.29 is 4.92 Å². The highest BCUT2D eigenvalue weighted by atomic mass is 16.6.